The molecule has 5 aromatic rings. The lowest BCUT2D eigenvalue weighted by Gasteiger charge is -2.42. The molecule has 7 aliphatic rings. The van der Waals surface area contributed by atoms with E-state index in [0.29, 0.717) is 60.7 Å². The SMILES string of the molecule is C#Cc1c(F)ccc2cc(O)cc(-c3ncc4c(N5CC6CCC(C5)N6C(=O)CC(C)(C)C#N)nc(OCC5(CN6CCN(CC7CCN(c8ccc9c(c8)CN(C8CCC(=O)NC8=O)C9=O)CC7)CC6)CC5)nc4c3F)c12. The van der Waals surface area contributed by atoms with Crippen LogP contribution in [-0.2, 0) is 20.9 Å². The lowest BCUT2D eigenvalue weighted by molar-refractivity contribution is -0.137. The van der Waals surface area contributed by atoms with E-state index in [1.54, 1.807) is 18.7 Å². The summed E-state index contributed by atoms with van der Waals surface area (Å²) in [6, 6.07) is 12.8. The Morgan fingerprint density at radius 1 is 0.923 bits per heavy atom. The third-order valence-corrected chi connectivity index (χ3v) is 17.6. The van der Waals surface area contributed by atoms with Crippen LogP contribution in [-0.4, -0.2) is 153 Å². The molecule has 8 heterocycles. The summed E-state index contributed by atoms with van der Waals surface area (Å²) >= 11 is 0. The molecular formula is C59H63F2N11O6. The van der Waals surface area contributed by atoms with Crippen LogP contribution in [0, 0.1) is 52.1 Å². The third-order valence-electron chi connectivity index (χ3n) is 17.6. The molecule has 12 rings (SSSR count). The van der Waals surface area contributed by atoms with E-state index in [-0.39, 0.29) is 87.5 Å². The Bertz CT molecular complexity index is 3360. The number of nitrogens with one attached hydrogen (secondary N) is 1. The molecule has 78 heavy (non-hydrogen) atoms. The number of aromatic hydroxyl groups is 1. The molecule has 1 aliphatic carbocycles. The zero-order valence-corrected chi connectivity index (χ0v) is 44.1. The lowest BCUT2D eigenvalue weighted by Crippen LogP contribution is -2.56. The molecule has 3 aromatic carbocycles. The van der Waals surface area contributed by atoms with Crippen molar-refractivity contribution < 1.29 is 37.8 Å². The summed E-state index contributed by atoms with van der Waals surface area (Å²) < 4.78 is 39.2. The van der Waals surface area contributed by atoms with Gasteiger partial charge >= 0.3 is 6.01 Å². The zero-order valence-electron chi connectivity index (χ0n) is 44.1. The van der Waals surface area contributed by atoms with Crippen molar-refractivity contribution in [2.75, 3.05) is 81.9 Å². The number of hydrogen-bond donors (Lipinski definition) is 2. The fourth-order valence-electron chi connectivity index (χ4n) is 13.1. The van der Waals surface area contributed by atoms with Crippen molar-refractivity contribution in [3.8, 4) is 41.4 Å². The number of terminal acetylenes is 1. The third kappa shape index (κ3) is 9.69. The Balaban J connectivity index is 0.707. The summed E-state index contributed by atoms with van der Waals surface area (Å²) in [4.78, 5) is 78.6. The van der Waals surface area contributed by atoms with Gasteiger partial charge in [-0.2, -0.15) is 15.2 Å². The van der Waals surface area contributed by atoms with E-state index in [9.17, 15) is 29.5 Å². The van der Waals surface area contributed by atoms with Gasteiger partial charge in [0, 0.05) is 131 Å². The molecule has 4 amide bonds. The van der Waals surface area contributed by atoms with Crippen molar-refractivity contribution in [2.24, 2.45) is 16.7 Å². The summed E-state index contributed by atoms with van der Waals surface area (Å²) in [6.07, 6.45) is 13.6. The number of piperidine rings is 2. The lowest BCUT2D eigenvalue weighted by atomic mass is 9.90. The molecule has 0 spiro atoms. The number of carbonyl (C=O) groups is 4. The van der Waals surface area contributed by atoms with Crippen molar-refractivity contribution in [1.82, 2.24) is 39.9 Å². The largest absolute Gasteiger partial charge is 0.508 e. The molecule has 3 atom stereocenters. The van der Waals surface area contributed by atoms with Crippen LogP contribution in [0.3, 0.4) is 0 Å². The fraction of sp³-hybridized carbons (Fsp3) is 0.492. The first kappa shape index (κ1) is 51.3. The van der Waals surface area contributed by atoms with Crippen LogP contribution in [0.5, 0.6) is 11.8 Å². The van der Waals surface area contributed by atoms with E-state index in [1.165, 1.54) is 30.5 Å². The van der Waals surface area contributed by atoms with E-state index in [2.05, 4.69) is 48.0 Å². The molecule has 404 valence electrons. The Hall–Kier alpha value is -7.48. The number of nitrogens with zero attached hydrogens (tertiary/aromatic N) is 10. The molecule has 3 unspecified atom stereocenters. The molecule has 6 fully saturated rings. The maximum Gasteiger partial charge on any atom is 0.319 e. The molecule has 2 aromatic heterocycles. The van der Waals surface area contributed by atoms with Crippen molar-refractivity contribution in [3.63, 3.8) is 0 Å². The summed E-state index contributed by atoms with van der Waals surface area (Å²) in [6.45, 7) is 12.6. The summed E-state index contributed by atoms with van der Waals surface area (Å²) in [7, 11) is 0. The van der Waals surface area contributed by atoms with E-state index >= 15 is 8.78 Å². The number of halogens is 2. The van der Waals surface area contributed by atoms with E-state index in [1.807, 2.05) is 17.0 Å². The van der Waals surface area contributed by atoms with Gasteiger partial charge in [-0.1, -0.05) is 12.0 Å². The molecule has 5 saturated heterocycles. The Morgan fingerprint density at radius 3 is 2.37 bits per heavy atom. The maximum absolute atomic E-state index is 17.4. The van der Waals surface area contributed by atoms with Gasteiger partial charge in [0.05, 0.1) is 29.0 Å². The number of phenols is 1. The zero-order chi connectivity index (χ0) is 54.2. The second-order valence-electron chi connectivity index (χ2n) is 23.5. The minimum Gasteiger partial charge on any atom is -0.508 e. The molecule has 0 radical (unpaired) electrons. The molecule has 17 nitrogen and oxygen atoms in total. The number of anilines is 2. The monoisotopic (exact) mass is 1060 g/mol. The predicted octanol–water partition coefficient (Wildman–Crippen LogP) is 6.38. The molecule has 19 heteroatoms. The first-order chi connectivity index (χ1) is 37.6. The van der Waals surface area contributed by atoms with Crippen LogP contribution in [0.25, 0.3) is 32.9 Å². The van der Waals surface area contributed by atoms with Gasteiger partial charge in [0.15, 0.2) is 5.82 Å². The van der Waals surface area contributed by atoms with Gasteiger partial charge in [0.1, 0.15) is 34.6 Å². The topological polar surface area (TPSA) is 192 Å². The standard InChI is InChI=1S/C59H63F2N11O6/c1-4-42-46(60)10-5-36-24-41(73)25-44(50(36)42)52-51(61)53-45(27-63-52)54(70-30-39-6-7-40(31-70)72(39)49(75)26-58(2,3)32-62)66-57(65-53)78-34-59(15-16-59)33-68-21-19-67(20-22-68)28-35-13-17-69(18-14-35)38-8-9-43-37(23-38)29-71(56(43)77)47-11-12-48(74)64-55(47)76/h1,5,8-10,23-25,27,35,39-40,47,73H,6-7,11-22,26,28-31,33-34H2,2-3H3,(H,64,74,76). The van der Waals surface area contributed by atoms with Crippen LogP contribution >= 0.6 is 0 Å². The smallest absolute Gasteiger partial charge is 0.319 e. The van der Waals surface area contributed by atoms with Gasteiger partial charge in [-0.05, 0) is 112 Å². The van der Waals surface area contributed by atoms with Crippen molar-refractivity contribution in [3.05, 3.63) is 77.0 Å². The van der Waals surface area contributed by atoms with Crippen molar-refractivity contribution >= 4 is 56.8 Å². The number of carbonyl (C=O) groups excluding carboxylic acids is 4. The van der Waals surface area contributed by atoms with Crippen molar-refractivity contribution in [1.29, 1.82) is 5.26 Å². The molecule has 1 saturated carbocycles. The van der Waals surface area contributed by atoms with Crippen LogP contribution in [0.15, 0.2) is 48.7 Å². The number of benzene rings is 3. The Morgan fingerprint density at radius 2 is 1.67 bits per heavy atom. The minimum absolute atomic E-state index is 0.0103. The predicted molar refractivity (Wildman–Crippen MR) is 287 cm³/mol. The average Bonchev–Trinajstić information content (AvgIpc) is 4.18. The summed E-state index contributed by atoms with van der Waals surface area (Å²) in [5, 5.41) is 23.9. The van der Waals surface area contributed by atoms with Crippen LogP contribution < -0.4 is 19.9 Å². The van der Waals surface area contributed by atoms with Crippen LogP contribution in [0.1, 0.15) is 93.1 Å². The minimum atomic E-state index is -0.808. The van der Waals surface area contributed by atoms with Gasteiger partial charge < -0.3 is 39.2 Å². The number of hydrogen-bond acceptors (Lipinski definition) is 14. The van der Waals surface area contributed by atoms with Gasteiger partial charge in [-0.15, -0.1) is 6.42 Å². The molecular weight excluding hydrogens is 997 g/mol. The number of fused-ring (bicyclic) bond motifs is 5. The number of piperazine rings is 2. The van der Waals surface area contributed by atoms with Gasteiger partial charge in [0.25, 0.3) is 5.91 Å². The normalized spacial score (nSPS) is 22.7. The number of phenolic OH excluding ortho intramolecular Hbond substituents is 1. The van der Waals surface area contributed by atoms with Crippen molar-refractivity contribution in [2.45, 2.75) is 96.3 Å². The first-order valence-corrected chi connectivity index (χ1v) is 27.4. The number of pyridine rings is 1. The van der Waals surface area contributed by atoms with E-state index < -0.39 is 29.0 Å². The second-order valence-corrected chi connectivity index (χ2v) is 23.5. The Labute approximate surface area is 451 Å². The summed E-state index contributed by atoms with van der Waals surface area (Å²) in [5.74, 6) is 0.845. The Kier molecular flexibility index (Phi) is 13.2. The van der Waals surface area contributed by atoms with Gasteiger partial charge in [0.2, 0.25) is 17.7 Å². The first-order valence-electron chi connectivity index (χ1n) is 27.4. The van der Waals surface area contributed by atoms with Crippen LogP contribution in [0.4, 0.5) is 20.3 Å². The highest BCUT2D eigenvalue weighted by molar-refractivity contribution is 6.06. The van der Waals surface area contributed by atoms with Gasteiger partial charge in [-0.3, -0.25) is 29.5 Å². The number of imide groups is 1. The second kappa shape index (κ2) is 20.1. The summed E-state index contributed by atoms with van der Waals surface area (Å²) in [5.41, 5.74) is 1.52. The van der Waals surface area contributed by atoms with Crippen LogP contribution in [0.2, 0.25) is 0 Å². The van der Waals surface area contributed by atoms with E-state index in [0.717, 1.165) is 102 Å². The number of rotatable bonds is 13. The maximum atomic E-state index is 17.4. The van der Waals surface area contributed by atoms with E-state index in [4.69, 9.17) is 21.1 Å². The number of ether oxygens (including phenoxy) is 1. The average molecular weight is 1060 g/mol. The molecule has 2 N–H and O–H groups in total. The highest BCUT2D eigenvalue weighted by Gasteiger charge is 2.47. The molecule has 6 aliphatic heterocycles. The highest BCUT2D eigenvalue weighted by atomic mass is 19.1. The van der Waals surface area contributed by atoms with Gasteiger partial charge in [-0.25, -0.2) is 8.78 Å². The fourth-order valence-corrected chi connectivity index (χ4v) is 13.1. The number of nitriles is 1. The number of aromatic nitrogens is 3. The highest BCUT2D eigenvalue weighted by Crippen LogP contribution is 2.47. The molecule has 2 bridgehead atoms. The quantitative estimate of drug-likeness (QED) is 0.0975. The number of amides is 4.